The first kappa shape index (κ1) is 10.6. The molecule has 0 bridgehead atoms. The normalized spacial score (nSPS) is 12.1. The highest BCUT2D eigenvalue weighted by Crippen LogP contribution is 2.10. The van der Waals surface area contributed by atoms with Crippen molar-refractivity contribution in [3.63, 3.8) is 0 Å². The number of amides is 2. The molecule has 0 unspecified atom stereocenters. The van der Waals surface area contributed by atoms with Crippen molar-refractivity contribution in [2.75, 3.05) is 0 Å². The number of rotatable bonds is 3. The van der Waals surface area contributed by atoms with Gasteiger partial charge in [0.2, 0.25) is 5.91 Å². The Morgan fingerprint density at radius 1 is 1.64 bits per heavy atom. The number of hydrogen-bond acceptors (Lipinski definition) is 4. The number of primary amides is 1. The van der Waals surface area contributed by atoms with E-state index in [-0.39, 0.29) is 5.91 Å². The first-order valence-electron chi connectivity index (χ1n) is 4.03. The van der Waals surface area contributed by atoms with Crippen LogP contribution in [0.25, 0.3) is 0 Å². The lowest BCUT2D eigenvalue weighted by Crippen LogP contribution is -2.41. The number of carbonyl (C=O) groups is 2. The number of carbonyl (C=O) groups excluding carboxylic acids is 2. The fraction of sp³-hybridized carbons (Fsp3) is 0.375. The van der Waals surface area contributed by atoms with Crippen molar-refractivity contribution >= 4 is 23.2 Å². The molecule has 1 heterocycles. The van der Waals surface area contributed by atoms with E-state index in [1.54, 1.807) is 6.92 Å². The van der Waals surface area contributed by atoms with E-state index in [1.807, 2.05) is 0 Å². The monoisotopic (exact) mass is 213 g/mol. The maximum atomic E-state index is 11.4. The van der Waals surface area contributed by atoms with Crippen molar-refractivity contribution in [3.8, 4) is 0 Å². The second-order valence-electron chi connectivity index (χ2n) is 2.84. The third-order valence-electron chi connectivity index (χ3n) is 1.62. The van der Waals surface area contributed by atoms with Gasteiger partial charge in [-0.25, -0.2) is 4.98 Å². The third-order valence-corrected chi connectivity index (χ3v) is 2.53. The van der Waals surface area contributed by atoms with Crippen LogP contribution in [0.1, 0.15) is 21.6 Å². The van der Waals surface area contributed by atoms with Gasteiger partial charge < -0.3 is 11.1 Å². The SMILES string of the molecule is Cc1ncc(C(=O)N[C@@H](C)C(N)=O)s1. The molecule has 1 aromatic rings. The molecule has 1 aromatic heterocycles. The maximum absolute atomic E-state index is 11.4. The lowest BCUT2D eigenvalue weighted by Gasteiger charge is -2.07. The minimum atomic E-state index is -0.662. The molecule has 0 aliphatic heterocycles. The summed E-state index contributed by atoms with van der Waals surface area (Å²) < 4.78 is 0. The minimum absolute atomic E-state index is 0.318. The Morgan fingerprint density at radius 2 is 2.29 bits per heavy atom. The van der Waals surface area contributed by atoms with Gasteiger partial charge in [0.1, 0.15) is 10.9 Å². The van der Waals surface area contributed by atoms with E-state index in [0.29, 0.717) is 4.88 Å². The van der Waals surface area contributed by atoms with Crippen molar-refractivity contribution in [2.24, 2.45) is 5.73 Å². The van der Waals surface area contributed by atoms with E-state index in [2.05, 4.69) is 10.3 Å². The van der Waals surface area contributed by atoms with Gasteiger partial charge in [-0.15, -0.1) is 11.3 Å². The first-order valence-corrected chi connectivity index (χ1v) is 4.85. The molecule has 5 nitrogen and oxygen atoms in total. The summed E-state index contributed by atoms with van der Waals surface area (Å²) in [7, 11) is 0. The van der Waals surface area contributed by atoms with E-state index in [4.69, 9.17) is 5.73 Å². The van der Waals surface area contributed by atoms with Crippen molar-refractivity contribution in [3.05, 3.63) is 16.1 Å². The molecular formula is C8H11N3O2S. The zero-order valence-electron chi connectivity index (χ0n) is 7.90. The standard InChI is InChI=1S/C8H11N3O2S/c1-4(7(9)12)11-8(13)6-3-10-5(2)14-6/h3-4H,1-2H3,(H2,9,12)(H,11,13)/t4-/m0/s1. The Hall–Kier alpha value is -1.43. The molecular weight excluding hydrogens is 202 g/mol. The van der Waals surface area contributed by atoms with Crippen molar-refractivity contribution in [1.29, 1.82) is 0 Å². The molecule has 6 heteroatoms. The fourth-order valence-corrected chi connectivity index (χ4v) is 1.49. The van der Waals surface area contributed by atoms with Gasteiger partial charge in [-0.3, -0.25) is 9.59 Å². The van der Waals surface area contributed by atoms with Crippen LogP contribution < -0.4 is 11.1 Å². The zero-order chi connectivity index (χ0) is 10.7. The molecule has 3 N–H and O–H groups in total. The summed E-state index contributed by atoms with van der Waals surface area (Å²) in [5.74, 6) is -0.874. The summed E-state index contributed by atoms with van der Waals surface area (Å²) in [5.41, 5.74) is 5.00. The molecule has 0 aromatic carbocycles. The van der Waals surface area contributed by atoms with Crippen LogP contribution in [-0.2, 0) is 4.79 Å². The van der Waals surface area contributed by atoms with Crippen molar-refractivity contribution in [2.45, 2.75) is 19.9 Å². The Balaban J connectivity index is 2.63. The Morgan fingerprint density at radius 3 is 2.71 bits per heavy atom. The molecule has 76 valence electrons. The van der Waals surface area contributed by atoms with Gasteiger partial charge in [-0.1, -0.05) is 0 Å². The molecule has 14 heavy (non-hydrogen) atoms. The topological polar surface area (TPSA) is 85.1 Å². The van der Waals surface area contributed by atoms with Gasteiger partial charge in [0.15, 0.2) is 0 Å². The quantitative estimate of drug-likeness (QED) is 0.744. The largest absolute Gasteiger partial charge is 0.368 e. The molecule has 0 spiro atoms. The van der Waals surface area contributed by atoms with Crippen LogP contribution in [0.15, 0.2) is 6.20 Å². The van der Waals surface area contributed by atoms with Crippen LogP contribution in [0.4, 0.5) is 0 Å². The van der Waals surface area contributed by atoms with Gasteiger partial charge in [-0.2, -0.15) is 0 Å². The van der Waals surface area contributed by atoms with E-state index in [0.717, 1.165) is 5.01 Å². The summed E-state index contributed by atoms with van der Waals surface area (Å²) >= 11 is 1.27. The number of nitrogens with one attached hydrogen (secondary N) is 1. The van der Waals surface area contributed by atoms with Crippen LogP contribution in [-0.4, -0.2) is 22.8 Å². The molecule has 0 aliphatic carbocycles. The highest BCUT2D eigenvalue weighted by molar-refractivity contribution is 7.13. The highest BCUT2D eigenvalue weighted by atomic mass is 32.1. The molecule has 0 aliphatic rings. The molecule has 0 saturated carbocycles. The Bertz CT molecular complexity index is 361. The lowest BCUT2D eigenvalue weighted by atomic mass is 10.3. The van der Waals surface area contributed by atoms with Gasteiger partial charge in [-0.05, 0) is 13.8 Å². The predicted octanol–water partition coefficient (Wildman–Crippen LogP) is 0.0551. The lowest BCUT2D eigenvalue weighted by molar-refractivity contribution is -0.119. The number of aromatic nitrogens is 1. The second-order valence-corrected chi connectivity index (χ2v) is 4.08. The molecule has 0 saturated heterocycles. The summed E-state index contributed by atoms with van der Waals surface area (Å²) in [6, 6.07) is -0.662. The van der Waals surface area contributed by atoms with Gasteiger partial charge in [0, 0.05) is 0 Å². The summed E-state index contributed by atoms with van der Waals surface area (Å²) in [4.78, 5) is 26.5. The molecule has 1 rings (SSSR count). The Kier molecular flexibility index (Phi) is 3.19. The average Bonchev–Trinajstić information content (AvgIpc) is 2.51. The van der Waals surface area contributed by atoms with Crippen LogP contribution in [0, 0.1) is 6.92 Å². The molecule has 1 atom stereocenters. The molecule has 0 fully saturated rings. The van der Waals surface area contributed by atoms with Crippen molar-refractivity contribution < 1.29 is 9.59 Å². The molecule has 0 radical (unpaired) electrons. The summed E-state index contributed by atoms with van der Waals surface area (Å²) in [5, 5.41) is 3.27. The van der Waals surface area contributed by atoms with Crippen molar-refractivity contribution in [1.82, 2.24) is 10.3 Å². The van der Waals surface area contributed by atoms with Crippen LogP contribution in [0.3, 0.4) is 0 Å². The van der Waals surface area contributed by atoms with Gasteiger partial charge >= 0.3 is 0 Å². The number of nitrogens with zero attached hydrogens (tertiary/aromatic N) is 1. The van der Waals surface area contributed by atoms with Crippen LogP contribution in [0.5, 0.6) is 0 Å². The molecule has 2 amide bonds. The number of aryl methyl sites for hydroxylation is 1. The number of thiazole rings is 1. The maximum Gasteiger partial charge on any atom is 0.263 e. The van der Waals surface area contributed by atoms with E-state index < -0.39 is 11.9 Å². The minimum Gasteiger partial charge on any atom is -0.368 e. The summed E-state index contributed by atoms with van der Waals surface area (Å²) in [6.45, 7) is 3.34. The first-order chi connectivity index (χ1) is 6.50. The van der Waals surface area contributed by atoms with Crippen LogP contribution in [0.2, 0.25) is 0 Å². The smallest absolute Gasteiger partial charge is 0.263 e. The predicted molar refractivity (Wildman–Crippen MR) is 53.0 cm³/mol. The number of nitrogens with two attached hydrogens (primary N) is 1. The fourth-order valence-electron chi connectivity index (χ4n) is 0.805. The average molecular weight is 213 g/mol. The van der Waals surface area contributed by atoms with Gasteiger partial charge in [0.05, 0.1) is 11.2 Å². The second kappa shape index (κ2) is 4.19. The summed E-state index contributed by atoms with van der Waals surface area (Å²) in [6.07, 6.45) is 1.48. The third kappa shape index (κ3) is 2.53. The number of hydrogen-bond donors (Lipinski definition) is 2. The van der Waals surface area contributed by atoms with Crippen LogP contribution >= 0.6 is 11.3 Å². The van der Waals surface area contributed by atoms with Gasteiger partial charge in [0.25, 0.3) is 5.91 Å². The van der Waals surface area contributed by atoms with E-state index in [9.17, 15) is 9.59 Å². The van der Waals surface area contributed by atoms with E-state index in [1.165, 1.54) is 24.5 Å². The zero-order valence-corrected chi connectivity index (χ0v) is 8.72. The van der Waals surface area contributed by atoms with E-state index >= 15 is 0 Å². The Labute approximate surface area is 85.3 Å². The highest BCUT2D eigenvalue weighted by Gasteiger charge is 2.15.